The minimum absolute atomic E-state index is 0.246. The van der Waals surface area contributed by atoms with Crippen molar-refractivity contribution in [2.45, 2.75) is 6.42 Å². The van der Waals surface area contributed by atoms with Crippen molar-refractivity contribution in [1.82, 2.24) is 19.7 Å². The van der Waals surface area contributed by atoms with Crippen LogP contribution in [0.3, 0.4) is 0 Å². The lowest BCUT2D eigenvalue weighted by Crippen LogP contribution is -2.10. The molecule has 0 radical (unpaired) electrons. The first-order chi connectivity index (χ1) is 8.16. The molecule has 0 spiro atoms. The van der Waals surface area contributed by atoms with Crippen LogP contribution in [-0.2, 0) is 13.5 Å². The number of pyridine rings is 1. The summed E-state index contributed by atoms with van der Waals surface area (Å²) in [6.07, 6.45) is 3.84. The molecular weight excluding hydrogens is 289 g/mol. The summed E-state index contributed by atoms with van der Waals surface area (Å²) in [5, 5.41) is 10.6. The number of hydrogen-bond donors (Lipinski definition) is 1. The lowest BCUT2D eigenvalue weighted by molar-refractivity contribution is 0.622. The highest BCUT2D eigenvalue weighted by molar-refractivity contribution is 9.10. The first kappa shape index (κ1) is 12.0. The third-order valence-electron chi connectivity index (χ3n) is 2.25. The number of rotatable bonds is 4. The molecule has 0 saturated carbocycles. The van der Waals surface area contributed by atoms with Gasteiger partial charge in [0.1, 0.15) is 12.2 Å². The van der Waals surface area contributed by atoms with Gasteiger partial charge < -0.3 is 9.88 Å². The standard InChI is InChI=1S/C10H11BrFN5/c1-17-6-15-16-9(17)2-3-13-10-8(12)4-7(11)5-14-10/h4-6H,2-3H2,1H3,(H,13,14). The summed E-state index contributed by atoms with van der Waals surface area (Å²) in [5.41, 5.74) is 0. The van der Waals surface area contributed by atoms with Gasteiger partial charge in [0.15, 0.2) is 11.6 Å². The van der Waals surface area contributed by atoms with Crippen LogP contribution in [0.1, 0.15) is 5.82 Å². The Kier molecular flexibility index (Phi) is 3.68. The molecule has 2 aromatic heterocycles. The average Bonchev–Trinajstić information content (AvgIpc) is 2.68. The molecule has 0 amide bonds. The van der Waals surface area contributed by atoms with Gasteiger partial charge in [0, 0.05) is 30.7 Å². The molecule has 90 valence electrons. The molecule has 0 saturated heterocycles. The van der Waals surface area contributed by atoms with Crippen molar-refractivity contribution in [1.29, 1.82) is 0 Å². The number of aryl methyl sites for hydroxylation is 1. The monoisotopic (exact) mass is 299 g/mol. The van der Waals surface area contributed by atoms with Crippen LogP contribution in [-0.4, -0.2) is 26.3 Å². The topological polar surface area (TPSA) is 55.6 Å². The maximum absolute atomic E-state index is 13.4. The van der Waals surface area contributed by atoms with Gasteiger partial charge in [0.05, 0.1) is 0 Å². The number of halogens is 2. The smallest absolute Gasteiger partial charge is 0.166 e. The summed E-state index contributed by atoms with van der Waals surface area (Å²) in [4.78, 5) is 3.94. The lowest BCUT2D eigenvalue weighted by Gasteiger charge is -2.06. The summed E-state index contributed by atoms with van der Waals surface area (Å²) in [7, 11) is 1.87. The molecule has 2 heterocycles. The van der Waals surface area contributed by atoms with Gasteiger partial charge >= 0.3 is 0 Å². The molecule has 0 aliphatic heterocycles. The Morgan fingerprint density at radius 2 is 2.35 bits per heavy atom. The van der Waals surface area contributed by atoms with E-state index in [1.165, 1.54) is 6.07 Å². The Morgan fingerprint density at radius 3 is 3.00 bits per heavy atom. The Balaban J connectivity index is 1.92. The third kappa shape index (κ3) is 3.00. The van der Waals surface area contributed by atoms with Gasteiger partial charge in [-0.05, 0) is 22.0 Å². The van der Waals surface area contributed by atoms with Crippen LogP contribution in [0, 0.1) is 5.82 Å². The number of nitrogens with one attached hydrogen (secondary N) is 1. The zero-order chi connectivity index (χ0) is 12.3. The highest BCUT2D eigenvalue weighted by Crippen LogP contribution is 2.15. The lowest BCUT2D eigenvalue weighted by atomic mass is 10.4. The summed E-state index contributed by atoms with van der Waals surface area (Å²) in [5.74, 6) is 0.711. The maximum atomic E-state index is 13.4. The fourth-order valence-corrected chi connectivity index (χ4v) is 1.67. The Hall–Kier alpha value is -1.50. The normalized spacial score (nSPS) is 10.5. The van der Waals surface area contributed by atoms with E-state index in [4.69, 9.17) is 0 Å². The summed E-state index contributed by atoms with van der Waals surface area (Å²) >= 11 is 3.15. The number of aromatic nitrogens is 4. The molecule has 0 aromatic carbocycles. The van der Waals surface area contributed by atoms with Crippen molar-refractivity contribution in [2.24, 2.45) is 7.05 Å². The van der Waals surface area contributed by atoms with Gasteiger partial charge in [-0.2, -0.15) is 0 Å². The summed E-state index contributed by atoms with van der Waals surface area (Å²) in [6, 6.07) is 1.37. The second kappa shape index (κ2) is 5.22. The van der Waals surface area contributed by atoms with Crippen LogP contribution in [0.15, 0.2) is 23.1 Å². The van der Waals surface area contributed by atoms with Crippen LogP contribution in [0.5, 0.6) is 0 Å². The quantitative estimate of drug-likeness (QED) is 0.935. The van der Waals surface area contributed by atoms with Crippen molar-refractivity contribution >= 4 is 21.7 Å². The minimum atomic E-state index is -0.377. The molecule has 17 heavy (non-hydrogen) atoms. The maximum Gasteiger partial charge on any atom is 0.166 e. The number of nitrogens with zero attached hydrogens (tertiary/aromatic N) is 4. The molecule has 7 heteroatoms. The molecule has 0 unspecified atom stereocenters. The van der Waals surface area contributed by atoms with Gasteiger partial charge in [0.2, 0.25) is 0 Å². The van der Waals surface area contributed by atoms with Crippen molar-refractivity contribution in [3.8, 4) is 0 Å². The Bertz CT molecular complexity index is 513. The predicted molar refractivity (Wildman–Crippen MR) is 65.1 cm³/mol. The van der Waals surface area contributed by atoms with E-state index in [9.17, 15) is 4.39 Å². The molecule has 2 rings (SSSR count). The molecular formula is C10H11BrFN5. The van der Waals surface area contributed by atoms with E-state index in [1.807, 2.05) is 11.6 Å². The van der Waals surface area contributed by atoms with E-state index in [-0.39, 0.29) is 11.6 Å². The van der Waals surface area contributed by atoms with Gasteiger partial charge in [-0.25, -0.2) is 9.37 Å². The van der Waals surface area contributed by atoms with Crippen molar-refractivity contribution < 1.29 is 4.39 Å². The molecule has 2 aromatic rings. The Morgan fingerprint density at radius 1 is 1.53 bits per heavy atom. The van der Waals surface area contributed by atoms with Gasteiger partial charge in [-0.15, -0.1) is 10.2 Å². The molecule has 5 nitrogen and oxygen atoms in total. The molecule has 0 aliphatic carbocycles. The molecule has 1 N–H and O–H groups in total. The SMILES string of the molecule is Cn1cnnc1CCNc1ncc(Br)cc1F. The zero-order valence-corrected chi connectivity index (χ0v) is 10.8. The first-order valence-corrected chi connectivity index (χ1v) is 5.84. The van der Waals surface area contributed by atoms with Crippen LogP contribution < -0.4 is 5.32 Å². The van der Waals surface area contributed by atoms with Gasteiger partial charge in [-0.1, -0.05) is 0 Å². The van der Waals surface area contributed by atoms with Crippen LogP contribution >= 0.6 is 15.9 Å². The van der Waals surface area contributed by atoms with E-state index in [1.54, 1.807) is 12.5 Å². The molecule has 0 fully saturated rings. The van der Waals surface area contributed by atoms with Crippen molar-refractivity contribution in [3.63, 3.8) is 0 Å². The molecule has 0 bridgehead atoms. The third-order valence-corrected chi connectivity index (χ3v) is 2.69. The van der Waals surface area contributed by atoms with Gasteiger partial charge in [0.25, 0.3) is 0 Å². The average molecular weight is 300 g/mol. The summed E-state index contributed by atoms with van der Waals surface area (Å²) in [6.45, 7) is 0.554. The fraction of sp³-hybridized carbons (Fsp3) is 0.300. The zero-order valence-electron chi connectivity index (χ0n) is 9.19. The number of anilines is 1. The molecule has 0 atom stereocenters. The Labute approximate surface area is 106 Å². The predicted octanol–water partition coefficient (Wildman–Crippen LogP) is 1.77. The van der Waals surface area contributed by atoms with E-state index in [0.717, 1.165) is 5.82 Å². The van der Waals surface area contributed by atoms with E-state index in [2.05, 4.69) is 36.4 Å². The highest BCUT2D eigenvalue weighted by atomic mass is 79.9. The van der Waals surface area contributed by atoms with Gasteiger partial charge in [-0.3, -0.25) is 0 Å². The largest absolute Gasteiger partial charge is 0.367 e. The summed E-state index contributed by atoms with van der Waals surface area (Å²) < 4.78 is 15.9. The van der Waals surface area contributed by atoms with Crippen molar-refractivity contribution in [3.05, 3.63) is 34.7 Å². The minimum Gasteiger partial charge on any atom is -0.367 e. The highest BCUT2D eigenvalue weighted by Gasteiger charge is 2.05. The van der Waals surface area contributed by atoms with E-state index in [0.29, 0.717) is 17.4 Å². The van der Waals surface area contributed by atoms with Crippen molar-refractivity contribution in [2.75, 3.05) is 11.9 Å². The van der Waals surface area contributed by atoms with Crippen LogP contribution in [0.2, 0.25) is 0 Å². The van der Waals surface area contributed by atoms with E-state index < -0.39 is 0 Å². The number of hydrogen-bond acceptors (Lipinski definition) is 4. The van der Waals surface area contributed by atoms with Crippen LogP contribution in [0.25, 0.3) is 0 Å². The second-order valence-electron chi connectivity index (χ2n) is 3.52. The second-order valence-corrected chi connectivity index (χ2v) is 4.43. The fourth-order valence-electron chi connectivity index (χ4n) is 1.37. The first-order valence-electron chi connectivity index (χ1n) is 5.04. The van der Waals surface area contributed by atoms with E-state index >= 15 is 0 Å². The van der Waals surface area contributed by atoms with Crippen LogP contribution in [0.4, 0.5) is 10.2 Å². The molecule has 0 aliphatic rings.